The first-order valence-corrected chi connectivity index (χ1v) is 4.68. The molecular weight excluding hydrogens is 236 g/mol. The number of halogens is 3. The Morgan fingerprint density at radius 1 is 1.06 bits per heavy atom. The molecule has 0 aliphatic rings. The van der Waals surface area contributed by atoms with E-state index in [1.807, 2.05) is 0 Å². The standard InChI is InChI=1S/C10H6ClF2N3/c11-6-2-8(13)7(12)1-5(6)9-3-10(14)16-4-15-9/h1-4H,(H2,14,15,16). The third-order valence-electron chi connectivity index (χ3n) is 1.97. The van der Waals surface area contributed by atoms with Crippen LogP contribution in [0.25, 0.3) is 11.3 Å². The fourth-order valence-corrected chi connectivity index (χ4v) is 1.49. The lowest BCUT2D eigenvalue weighted by Gasteiger charge is -2.04. The summed E-state index contributed by atoms with van der Waals surface area (Å²) in [5.74, 6) is -1.77. The number of aromatic nitrogens is 2. The minimum absolute atomic E-state index is 0.0667. The quantitative estimate of drug-likeness (QED) is 0.781. The molecule has 0 atom stereocenters. The van der Waals surface area contributed by atoms with E-state index < -0.39 is 11.6 Å². The van der Waals surface area contributed by atoms with E-state index in [9.17, 15) is 8.78 Å². The Balaban J connectivity index is 2.60. The topological polar surface area (TPSA) is 51.8 Å². The van der Waals surface area contributed by atoms with Gasteiger partial charge in [-0.3, -0.25) is 0 Å². The maximum absolute atomic E-state index is 13.0. The summed E-state index contributed by atoms with van der Waals surface area (Å²) < 4.78 is 25.9. The van der Waals surface area contributed by atoms with E-state index in [0.29, 0.717) is 5.69 Å². The highest BCUT2D eigenvalue weighted by molar-refractivity contribution is 6.33. The van der Waals surface area contributed by atoms with E-state index in [1.165, 1.54) is 12.4 Å². The van der Waals surface area contributed by atoms with Crippen LogP contribution >= 0.6 is 11.6 Å². The lowest BCUT2D eigenvalue weighted by atomic mass is 10.1. The Hall–Kier alpha value is -1.75. The molecular formula is C10H6ClF2N3. The third kappa shape index (κ3) is 1.94. The van der Waals surface area contributed by atoms with Crippen LogP contribution < -0.4 is 5.73 Å². The average molecular weight is 242 g/mol. The highest BCUT2D eigenvalue weighted by Gasteiger charge is 2.11. The zero-order chi connectivity index (χ0) is 11.7. The second-order valence-electron chi connectivity index (χ2n) is 3.07. The second kappa shape index (κ2) is 4.02. The Bertz CT molecular complexity index is 546. The molecule has 1 aromatic heterocycles. The number of nitrogen functional groups attached to an aromatic ring is 1. The van der Waals surface area contributed by atoms with E-state index in [-0.39, 0.29) is 16.4 Å². The highest BCUT2D eigenvalue weighted by Crippen LogP contribution is 2.28. The van der Waals surface area contributed by atoms with Crippen molar-refractivity contribution >= 4 is 17.4 Å². The Morgan fingerprint density at radius 3 is 2.44 bits per heavy atom. The SMILES string of the molecule is Nc1cc(-c2cc(F)c(F)cc2Cl)ncn1. The van der Waals surface area contributed by atoms with Crippen molar-refractivity contribution in [2.75, 3.05) is 5.73 Å². The van der Waals surface area contributed by atoms with Crippen molar-refractivity contribution in [3.8, 4) is 11.3 Å². The van der Waals surface area contributed by atoms with Crippen molar-refractivity contribution in [1.29, 1.82) is 0 Å². The summed E-state index contributed by atoms with van der Waals surface area (Å²) in [6.45, 7) is 0. The van der Waals surface area contributed by atoms with Crippen LogP contribution in [0.3, 0.4) is 0 Å². The van der Waals surface area contributed by atoms with Gasteiger partial charge >= 0.3 is 0 Å². The number of hydrogen-bond donors (Lipinski definition) is 1. The number of nitrogens with zero attached hydrogens (tertiary/aromatic N) is 2. The summed E-state index contributed by atoms with van der Waals surface area (Å²) in [6, 6.07) is 3.29. The van der Waals surface area contributed by atoms with Crippen molar-refractivity contribution in [2.24, 2.45) is 0 Å². The molecule has 0 spiro atoms. The molecule has 1 heterocycles. The number of rotatable bonds is 1. The molecule has 0 amide bonds. The molecule has 0 radical (unpaired) electrons. The van der Waals surface area contributed by atoms with Crippen LogP contribution in [0, 0.1) is 11.6 Å². The fourth-order valence-electron chi connectivity index (χ4n) is 1.24. The van der Waals surface area contributed by atoms with Crippen molar-refractivity contribution in [2.45, 2.75) is 0 Å². The van der Waals surface area contributed by atoms with Gasteiger partial charge in [-0.2, -0.15) is 0 Å². The van der Waals surface area contributed by atoms with E-state index in [1.54, 1.807) is 0 Å². The maximum atomic E-state index is 13.0. The smallest absolute Gasteiger partial charge is 0.160 e. The van der Waals surface area contributed by atoms with Gasteiger partial charge in [0.15, 0.2) is 11.6 Å². The summed E-state index contributed by atoms with van der Waals surface area (Å²) in [4.78, 5) is 7.57. The molecule has 2 N–H and O–H groups in total. The third-order valence-corrected chi connectivity index (χ3v) is 2.29. The van der Waals surface area contributed by atoms with Gasteiger partial charge in [0.2, 0.25) is 0 Å². The molecule has 3 nitrogen and oxygen atoms in total. The molecule has 0 aliphatic heterocycles. The predicted octanol–water partition coefficient (Wildman–Crippen LogP) is 2.66. The van der Waals surface area contributed by atoms with E-state index in [0.717, 1.165) is 12.1 Å². The molecule has 0 bridgehead atoms. The molecule has 6 heteroatoms. The minimum Gasteiger partial charge on any atom is -0.384 e. The van der Waals surface area contributed by atoms with Gasteiger partial charge in [0, 0.05) is 11.6 Å². The molecule has 2 rings (SSSR count). The van der Waals surface area contributed by atoms with Crippen molar-refractivity contribution in [3.05, 3.63) is 41.2 Å². The first-order valence-electron chi connectivity index (χ1n) is 4.30. The van der Waals surface area contributed by atoms with Gasteiger partial charge < -0.3 is 5.73 Å². The van der Waals surface area contributed by atoms with Crippen LogP contribution in [0.5, 0.6) is 0 Å². The predicted molar refractivity (Wildman–Crippen MR) is 56.8 cm³/mol. The molecule has 0 aliphatic carbocycles. The lowest BCUT2D eigenvalue weighted by molar-refractivity contribution is 0.509. The van der Waals surface area contributed by atoms with E-state index in [4.69, 9.17) is 17.3 Å². The van der Waals surface area contributed by atoms with Crippen LogP contribution in [0.1, 0.15) is 0 Å². The van der Waals surface area contributed by atoms with E-state index in [2.05, 4.69) is 9.97 Å². The number of hydrogen-bond acceptors (Lipinski definition) is 3. The Labute approximate surface area is 94.9 Å². The van der Waals surface area contributed by atoms with Crippen molar-refractivity contribution in [3.63, 3.8) is 0 Å². The first-order chi connectivity index (χ1) is 7.58. The molecule has 16 heavy (non-hydrogen) atoms. The van der Waals surface area contributed by atoms with Gasteiger partial charge in [-0.15, -0.1) is 0 Å². The second-order valence-corrected chi connectivity index (χ2v) is 3.48. The zero-order valence-electron chi connectivity index (χ0n) is 7.92. The van der Waals surface area contributed by atoms with Crippen molar-refractivity contribution in [1.82, 2.24) is 9.97 Å². The van der Waals surface area contributed by atoms with Gasteiger partial charge in [0.1, 0.15) is 12.1 Å². The highest BCUT2D eigenvalue weighted by atomic mass is 35.5. The van der Waals surface area contributed by atoms with Gasteiger partial charge in [0.25, 0.3) is 0 Å². The van der Waals surface area contributed by atoms with Crippen LogP contribution in [0.4, 0.5) is 14.6 Å². The zero-order valence-corrected chi connectivity index (χ0v) is 8.67. The number of benzene rings is 1. The number of nitrogens with two attached hydrogens (primary N) is 1. The van der Waals surface area contributed by atoms with Crippen LogP contribution in [-0.2, 0) is 0 Å². The molecule has 0 saturated carbocycles. The summed E-state index contributed by atoms with van der Waals surface area (Å²) >= 11 is 5.78. The average Bonchev–Trinajstić information content (AvgIpc) is 2.23. The largest absolute Gasteiger partial charge is 0.384 e. The first kappa shape index (κ1) is 10.8. The van der Waals surface area contributed by atoms with Crippen LogP contribution in [-0.4, -0.2) is 9.97 Å². The van der Waals surface area contributed by atoms with Crippen molar-refractivity contribution < 1.29 is 8.78 Å². The lowest BCUT2D eigenvalue weighted by Crippen LogP contribution is -1.94. The summed E-state index contributed by atoms with van der Waals surface area (Å²) in [6.07, 6.45) is 1.22. The monoisotopic (exact) mass is 241 g/mol. The normalized spacial score (nSPS) is 10.4. The molecule has 82 valence electrons. The molecule has 1 aromatic carbocycles. The van der Waals surface area contributed by atoms with Crippen LogP contribution in [0.2, 0.25) is 5.02 Å². The minimum atomic E-state index is -1.00. The molecule has 0 saturated heterocycles. The van der Waals surface area contributed by atoms with Gasteiger partial charge in [-0.1, -0.05) is 11.6 Å². The molecule has 0 unspecified atom stereocenters. The Kier molecular flexibility index (Phi) is 2.70. The van der Waals surface area contributed by atoms with Gasteiger partial charge in [-0.25, -0.2) is 18.7 Å². The Morgan fingerprint density at radius 2 is 1.75 bits per heavy atom. The van der Waals surface area contributed by atoms with E-state index >= 15 is 0 Å². The summed E-state index contributed by atoms with van der Waals surface area (Å²) in [7, 11) is 0. The van der Waals surface area contributed by atoms with Gasteiger partial charge in [-0.05, 0) is 12.1 Å². The van der Waals surface area contributed by atoms with Crippen LogP contribution in [0.15, 0.2) is 24.5 Å². The summed E-state index contributed by atoms with van der Waals surface area (Å²) in [5.41, 5.74) is 6.07. The van der Waals surface area contributed by atoms with Gasteiger partial charge in [0.05, 0.1) is 10.7 Å². The fraction of sp³-hybridized carbons (Fsp3) is 0. The number of anilines is 1. The summed E-state index contributed by atoms with van der Waals surface area (Å²) in [5, 5.41) is 0.0667. The molecule has 0 fully saturated rings. The molecule has 2 aromatic rings. The maximum Gasteiger partial charge on any atom is 0.160 e.